The van der Waals surface area contributed by atoms with Crippen molar-refractivity contribution in [1.29, 1.82) is 0 Å². The number of aryl methyl sites for hydroxylation is 1. The normalized spacial score (nSPS) is 10.4. The Bertz CT molecular complexity index is 464. The van der Waals surface area contributed by atoms with Crippen LogP contribution in [0.5, 0.6) is 5.75 Å². The van der Waals surface area contributed by atoms with Gasteiger partial charge in [0, 0.05) is 4.88 Å². The van der Waals surface area contributed by atoms with Crippen LogP contribution in [0.25, 0.3) is 0 Å². The lowest BCUT2D eigenvalue weighted by molar-refractivity contribution is 0.309. The highest BCUT2D eigenvalue weighted by Crippen LogP contribution is 2.23. The van der Waals surface area contributed by atoms with Gasteiger partial charge in [0.05, 0.1) is 4.34 Å². The van der Waals surface area contributed by atoms with Crippen LogP contribution < -0.4 is 4.74 Å². The lowest BCUT2D eigenvalue weighted by atomic mass is 10.2. The van der Waals surface area contributed by atoms with Gasteiger partial charge in [-0.05, 0) is 36.2 Å². The van der Waals surface area contributed by atoms with Crippen molar-refractivity contribution < 1.29 is 4.74 Å². The van der Waals surface area contributed by atoms with Crippen molar-refractivity contribution in [2.45, 2.75) is 20.0 Å². The molecule has 1 nitrogen and oxygen atoms in total. The van der Waals surface area contributed by atoms with Crippen LogP contribution in [0.3, 0.4) is 0 Å². The minimum Gasteiger partial charge on any atom is -0.488 e. The predicted octanol–water partition coefficient (Wildman–Crippen LogP) is 4.54. The predicted molar refractivity (Wildman–Crippen MR) is 69.5 cm³/mol. The molecule has 0 amide bonds. The van der Waals surface area contributed by atoms with Gasteiger partial charge >= 0.3 is 0 Å². The molecule has 3 heteroatoms. The first-order chi connectivity index (χ1) is 7.78. The van der Waals surface area contributed by atoms with Crippen molar-refractivity contribution in [3.8, 4) is 5.75 Å². The molecule has 84 valence electrons. The van der Waals surface area contributed by atoms with E-state index >= 15 is 0 Å². The summed E-state index contributed by atoms with van der Waals surface area (Å²) in [5.74, 6) is 0.920. The van der Waals surface area contributed by atoms with E-state index in [1.165, 1.54) is 5.56 Å². The maximum atomic E-state index is 5.85. The molecule has 0 bridgehead atoms. The summed E-state index contributed by atoms with van der Waals surface area (Å²) in [6, 6.07) is 12.1. The minimum absolute atomic E-state index is 0.588. The van der Waals surface area contributed by atoms with Gasteiger partial charge in [0.2, 0.25) is 0 Å². The first-order valence-electron chi connectivity index (χ1n) is 5.24. The number of thiophene rings is 1. The highest BCUT2D eigenvalue weighted by atomic mass is 35.5. The number of halogens is 1. The zero-order valence-corrected chi connectivity index (χ0v) is 10.6. The lowest BCUT2D eigenvalue weighted by Crippen LogP contribution is -1.93. The summed E-state index contributed by atoms with van der Waals surface area (Å²) >= 11 is 7.41. The average molecular weight is 253 g/mol. The molecule has 0 unspecified atom stereocenters. The molecule has 0 saturated heterocycles. The standard InChI is InChI=1S/C13H13ClOS/c1-2-10-4-3-5-11(8-10)15-9-12-6-7-13(14)16-12/h3-8H,2,9H2,1H3. The van der Waals surface area contributed by atoms with Crippen LogP contribution in [0, 0.1) is 0 Å². The molecule has 2 rings (SSSR count). The maximum absolute atomic E-state index is 5.85. The van der Waals surface area contributed by atoms with Crippen LogP contribution in [0.2, 0.25) is 4.34 Å². The minimum atomic E-state index is 0.588. The molecule has 16 heavy (non-hydrogen) atoms. The number of hydrogen-bond acceptors (Lipinski definition) is 2. The Balaban J connectivity index is 1.99. The highest BCUT2D eigenvalue weighted by Gasteiger charge is 2.00. The van der Waals surface area contributed by atoms with Crippen LogP contribution in [0.4, 0.5) is 0 Å². The zero-order valence-electron chi connectivity index (χ0n) is 9.07. The fraction of sp³-hybridized carbons (Fsp3) is 0.231. The third kappa shape index (κ3) is 3.00. The van der Waals surface area contributed by atoms with E-state index in [-0.39, 0.29) is 0 Å². The number of hydrogen-bond donors (Lipinski definition) is 0. The Kier molecular flexibility index (Phi) is 3.86. The zero-order chi connectivity index (χ0) is 11.4. The molecule has 1 aromatic heterocycles. The fourth-order valence-electron chi connectivity index (χ4n) is 1.44. The first kappa shape index (κ1) is 11.5. The van der Waals surface area contributed by atoms with Crippen molar-refractivity contribution in [2.75, 3.05) is 0 Å². The van der Waals surface area contributed by atoms with Gasteiger partial charge in [-0.1, -0.05) is 30.7 Å². The summed E-state index contributed by atoms with van der Waals surface area (Å²) < 4.78 is 6.51. The Morgan fingerprint density at radius 3 is 2.81 bits per heavy atom. The van der Waals surface area contributed by atoms with E-state index < -0.39 is 0 Å². The molecule has 0 radical (unpaired) electrons. The molecule has 1 heterocycles. The summed E-state index contributed by atoms with van der Waals surface area (Å²) in [4.78, 5) is 1.15. The molecule has 0 saturated carbocycles. The molecule has 0 spiro atoms. The molecule has 0 N–H and O–H groups in total. The second-order valence-electron chi connectivity index (χ2n) is 3.50. The molecular formula is C13H13ClOS. The SMILES string of the molecule is CCc1cccc(OCc2ccc(Cl)s2)c1. The van der Waals surface area contributed by atoms with Crippen LogP contribution in [-0.4, -0.2) is 0 Å². The molecule has 0 aliphatic heterocycles. The van der Waals surface area contributed by atoms with E-state index in [4.69, 9.17) is 16.3 Å². The molecule has 1 aromatic carbocycles. The lowest BCUT2D eigenvalue weighted by Gasteiger charge is -2.05. The van der Waals surface area contributed by atoms with Crippen molar-refractivity contribution in [2.24, 2.45) is 0 Å². The summed E-state index contributed by atoms with van der Waals surface area (Å²) in [5.41, 5.74) is 1.29. The molecule has 0 aliphatic carbocycles. The van der Waals surface area contributed by atoms with E-state index in [9.17, 15) is 0 Å². The number of rotatable bonds is 4. The largest absolute Gasteiger partial charge is 0.488 e. The van der Waals surface area contributed by atoms with Gasteiger partial charge < -0.3 is 4.74 Å². The quantitative estimate of drug-likeness (QED) is 0.776. The molecule has 0 atom stereocenters. The van der Waals surface area contributed by atoms with E-state index in [2.05, 4.69) is 19.1 Å². The van der Waals surface area contributed by atoms with Crippen LogP contribution >= 0.6 is 22.9 Å². The van der Waals surface area contributed by atoms with Crippen LogP contribution in [0.1, 0.15) is 17.4 Å². The van der Waals surface area contributed by atoms with E-state index in [0.29, 0.717) is 6.61 Å². The third-order valence-electron chi connectivity index (χ3n) is 2.32. The Morgan fingerprint density at radius 1 is 1.25 bits per heavy atom. The van der Waals surface area contributed by atoms with E-state index in [0.717, 1.165) is 21.4 Å². The van der Waals surface area contributed by atoms with E-state index in [1.54, 1.807) is 11.3 Å². The fourth-order valence-corrected chi connectivity index (χ4v) is 2.44. The van der Waals surface area contributed by atoms with Crippen molar-refractivity contribution in [3.63, 3.8) is 0 Å². The van der Waals surface area contributed by atoms with Gasteiger partial charge in [0.15, 0.2) is 0 Å². The first-order valence-corrected chi connectivity index (χ1v) is 6.43. The number of ether oxygens (including phenoxy) is 1. The van der Waals surface area contributed by atoms with Gasteiger partial charge in [0.25, 0.3) is 0 Å². The van der Waals surface area contributed by atoms with Gasteiger partial charge in [-0.25, -0.2) is 0 Å². The van der Waals surface area contributed by atoms with Gasteiger partial charge in [-0.15, -0.1) is 11.3 Å². The van der Waals surface area contributed by atoms with Crippen LogP contribution in [0.15, 0.2) is 36.4 Å². The van der Waals surface area contributed by atoms with Gasteiger partial charge in [0.1, 0.15) is 12.4 Å². The Morgan fingerprint density at radius 2 is 2.12 bits per heavy atom. The second kappa shape index (κ2) is 5.37. The summed E-state index contributed by atoms with van der Waals surface area (Å²) in [7, 11) is 0. The molecule has 0 fully saturated rings. The van der Waals surface area contributed by atoms with Crippen LogP contribution in [-0.2, 0) is 13.0 Å². The molecule has 2 aromatic rings. The molecule has 0 aliphatic rings. The number of benzene rings is 1. The third-order valence-corrected chi connectivity index (χ3v) is 3.52. The molecular weight excluding hydrogens is 240 g/mol. The van der Waals surface area contributed by atoms with Gasteiger partial charge in [-0.3, -0.25) is 0 Å². The second-order valence-corrected chi connectivity index (χ2v) is 5.30. The summed E-state index contributed by atoms with van der Waals surface area (Å²) in [6.07, 6.45) is 1.03. The smallest absolute Gasteiger partial charge is 0.122 e. The van der Waals surface area contributed by atoms with E-state index in [1.807, 2.05) is 24.3 Å². The summed E-state index contributed by atoms with van der Waals surface area (Å²) in [6.45, 7) is 2.72. The summed E-state index contributed by atoms with van der Waals surface area (Å²) in [5, 5.41) is 0. The Hall–Kier alpha value is -0.990. The highest BCUT2D eigenvalue weighted by molar-refractivity contribution is 7.16. The average Bonchev–Trinajstić information content (AvgIpc) is 2.73. The van der Waals surface area contributed by atoms with Crippen molar-refractivity contribution in [1.82, 2.24) is 0 Å². The topological polar surface area (TPSA) is 9.23 Å². The van der Waals surface area contributed by atoms with Crippen molar-refractivity contribution in [3.05, 3.63) is 51.2 Å². The van der Waals surface area contributed by atoms with Crippen molar-refractivity contribution >= 4 is 22.9 Å². The monoisotopic (exact) mass is 252 g/mol. The maximum Gasteiger partial charge on any atom is 0.122 e. The van der Waals surface area contributed by atoms with Gasteiger partial charge in [-0.2, -0.15) is 0 Å². The Labute approximate surface area is 105 Å².